The van der Waals surface area contributed by atoms with Gasteiger partial charge in [0.2, 0.25) is 0 Å². The fraction of sp³-hybridized carbons (Fsp3) is 0.217. The van der Waals surface area contributed by atoms with Crippen LogP contribution < -0.4 is 4.90 Å². The van der Waals surface area contributed by atoms with Gasteiger partial charge in [0, 0.05) is 56.6 Å². The first-order valence-corrected chi connectivity index (χ1v) is 10.2. The van der Waals surface area contributed by atoms with Gasteiger partial charge in [-0.25, -0.2) is 9.37 Å². The lowest BCUT2D eigenvalue weighted by Crippen LogP contribution is -2.17. The summed E-state index contributed by atoms with van der Waals surface area (Å²) >= 11 is 0. The van der Waals surface area contributed by atoms with Crippen molar-refractivity contribution >= 4 is 16.7 Å². The summed E-state index contributed by atoms with van der Waals surface area (Å²) in [5.41, 5.74) is 5.21. The van der Waals surface area contributed by atoms with Gasteiger partial charge < -0.3 is 9.47 Å². The Morgan fingerprint density at radius 1 is 1.09 bits per heavy atom. The molecule has 4 aromatic heterocycles. The highest BCUT2D eigenvalue weighted by molar-refractivity contribution is 5.94. The second-order valence-corrected chi connectivity index (χ2v) is 8.11. The number of fused-ring (bicyclic) bond motifs is 1. The van der Waals surface area contributed by atoms with E-state index in [4.69, 9.17) is 0 Å². The summed E-state index contributed by atoms with van der Waals surface area (Å²) in [7, 11) is 5.72. The molecule has 1 aromatic carbocycles. The molecule has 0 aliphatic rings. The van der Waals surface area contributed by atoms with Crippen molar-refractivity contribution in [2.24, 2.45) is 14.1 Å². The van der Waals surface area contributed by atoms with Gasteiger partial charge in [0.15, 0.2) is 0 Å². The summed E-state index contributed by atoms with van der Waals surface area (Å²) in [6, 6.07) is 5.46. The molecular weight excluding hydrogens is 407 g/mol. The van der Waals surface area contributed by atoms with Gasteiger partial charge >= 0.3 is 0 Å². The lowest BCUT2D eigenvalue weighted by molar-refractivity contribution is 0.626. The fourth-order valence-electron chi connectivity index (χ4n) is 4.00. The molecule has 4 heterocycles. The molecule has 0 aliphatic carbocycles. The van der Waals surface area contributed by atoms with Gasteiger partial charge in [-0.05, 0) is 30.2 Å². The standard InChI is InChI=1S/C23H23FN8/c1-14-5-15(10-31(3)21-12-30(2)13-26-21)6-18(24)22(14)19-7-17-20(9-25-19)28-29-23(17)16-8-27-32(4)11-16/h5-9,11-13H,10H2,1-4H3,(H,28,29). The second-order valence-electron chi connectivity index (χ2n) is 8.11. The van der Waals surface area contributed by atoms with E-state index in [1.807, 2.05) is 62.1 Å². The van der Waals surface area contributed by atoms with Gasteiger partial charge in [-0.15, -0.1) is 0 Å². The Morgan fingerprint density at radius 3 is 2.62 bits per heavy atom. The Hall–Kier alpha value is -4.01. The molecule has 0 saturated carbocycles. The van der Waals surface area contributed by atoms with Crippen molar-refractivity contribution in [2.75, 3.05) is 11.9 Å². The Bertz CT molecular complexity index is 1400. The van der Waals surface area contributed by atoms with Crippen molar-refractivity contribution in [1.29, 1.82) is 0 Å². The fourth-order valence-corrected chi connectivity index (χ4v) is 4.00. The molecule has 1 N–H and O–H groups in total. The molecule has 0 saturated heterocycles. The summed E-state index contributed by atoms with van der Waals surface area (Å²) in [6.45, 7) is 2.46. The summed E-state index contributed by atoms with van der Waals surface area (Å²) in [5, 5.41) is 12.5. The number of nitrogens with one attached hydrogen (secondary N) is 1. The molecule has 9 heteroatoms. The zero-order valence-electron chi connectivity index (χ0n) is 18.3. The third-order valence-electron chi connectivity index (χ3n) is 5.53. The molecule has 0 amide bonds. The molecule has 0 fully saturated rings. The first-order valence-electron chi connectivity index (χ1n) is 10.2. The van der Waals surface area contributed by atoms with E-state index in [0.717, 1.165) is 39.1 Å². The average Bonchev–Trinajstić information content (AvgIpc) is 3.46. The van der Waals surface area contributed by atoms with Crippen LogP contribution in [0.1, 0.15) is 11.1 Å². The lowest BCUT2D eigenvalue weighted by Gasteiger charge is -2.18. The van der Waals surface area contributed by atoms with Crippen molar-refractivity contribution in [3.05, 3.63) is 66.3 Å². The highest BCUT2D eigenvalue weighted by Gasteiger charge is 2.17. The van der Waals surface area contributed by atoms with E-state index in [2.05, 4.69) is 25.3 Å². The largest absolute Gasteiger partial charge is 0.354 e. The number of pyridine rings is 1. The number of hydrogen-bond acceptors (Lipinski definition) is 5. The predicted molar refractivity (Wildman–Crippen MR) is 122 cm³/mol. The van der Waals surface area contributed by atoms with Crippen molar-refractivity contribution in [3.8, 4) is 22.5 Å². The van der Waals surface area contributed by atoms with Crippen molar-refractivity contribution < 1.29 is 4.39 Å². The molecule has 32 heavy (non-hydrogen) atoms. The van der Waals surface area contributed by atoms with Crippen LogP contribution in [-0.4, -0.2) is 41.6 Å². The quantitative estimate of drug-likeness (QED) is 0.458. The zero-order chi connectivity index (χ0) is 22.4. The average molecular weight is 430 g/mol. The third kappa shape index (κ3) is 3.51. The number of H-pyrrole nitrogens is 1. The molecule has 162 valence electrons. The van der Waals surface area contributed by atoms with Crippen LogP contribution in [0.4, 0.5) is 10.2 Å². The maximum absolute atomic E-state index is 15.3. The molecule has 5 rings (SSSR count). The Kier molecular flexibility index (Phi) is 4.73. The first-order chi connectivity index (χ1) is 15.4. The molecule has 0 atom stereocenters. The van der Waals surface area contributed by atoms with E-state index in [9.17, 15) is 0 Å². The Labute approximate surface area is 184 Å². The topological polar surface area (TPSA) is 80.5 Å². The Balaban J connectivity index is 1.50. The number of aromatic amines is 1. The van der Waals surface area contributed by atoms with Crippen LogP contribution in [0.25, 0.3) is 33.4 Å². The number of benzene rings is 1. The molecule has 0 unspecified atom stereocenters. The highest BCUT2D eigenvalue weighted by atomic mass is 19.1. The van der Waals surface area contributed by atoms with E-state index in [-0.39, 0.29) is 5.82 Å². The number of halogens is 1. The molecule has 8 nitrogen and oxygen atoms in total. The summed E-state index contributed by atoms with van der Waals surface area (Å²) in [5.74, 6) is 0.539. The van der Waals surface area contributed by atoms with Crippen molar-refractivity contribution in [1.82, 2.24) is 34.5 Å². The van der Waals surface area contributed by atoms with Crippen LogP contribution in [0.2, 0.25) is 0 Å². The summed E-state index contributed by atoms with van der Waals surface area (Å²) < 4.78 is 18.9. The van der Waals surface area contributed by atoms with E-state index in [0.29, 0.717) is 17.8 Å². The predicted octanol–water partition coefficient (Wildman–Crippen LogP) is 3.84. The monoisotopic (exact) mass is 430 g/mol. The summed E-state index contributed by atoms with van der Waals surface area (Å²) in [4.78, 5) is 10.8. The number of rotatable bonds is 5. The minimum Gasteiger partial charge on any atom is -0.354 e. The van der Waals surface area contributed by atoms with Crippen LogP contribution in [0.15, 0.2) is 49.3 Å². The van der Waals surface area contributed by atoms with Gasteiger partial charge in [-0.2, -0.15) is 10.2 Å². The number of imidazole rings is 1. The van der Waals surface area contributed by atoms with Gasteiger partial charge in [-0.1, -0.05) is 6.07 Å². The smallest absolute Gasteiger partial charge is 0.146 e. The van der Waals surface area contributed by atoms with Crippen LogP contribution >= 0.6 is 0 Å². The van der Waals surface area contributed by atoms with Crippen molar-refractivity contribution in [2.45, 2.75) is 13.5 Å². The maximum atomic E-state index is 15.3. The second kappa shape index (κ2) is 7.60. The minimum atomic E-state index is -0.298. The molecule has 0 spiro atoms. The van der Waals surface area contributed by atoms with Crippen LogP contribution in [-0.2, 0) is 20.6 Å². The molecule has 0 aliphatic heterocycles. The lowest BCUT2D eigenvalue weighted by atomic mass is 9.99. The van der Waals surface area contributed by atoms with Gasteiger partial charge in [-0.3, -0.25) is 14.8 Å². The van der Waals surface area contributed by atoms with Crippen LogP contribution in [0, 0.1) is 12.7 Å². The van der Waals surface area contributed by atoms with Crippen LogP contribution in [0.5, 0.6) is 0 Å². The number of aryl methyl sites for hydroxylation is 3. The number of hydrogen-bond donors (Lipinski definition) is 1. The highest BCUT2D eigenvalue weighted by Crippen LogP contribution is 2.32. The number of aromatic nitrogens is 7. The Morgan fingerprint density at radius 2 is 1.94 bits per heavy atom. The number of anilines is 1. The molecule has 0 bridgehead atoms. The van der Waals surface area contributed by atoms with Gasteiger partial charge in [0.25, 0.3) is 0 Å². The molecular formula is C23H23FN8. The van der Waals surface area contributed by atoms with E-state index in [1.54, 1.807) is 29.5 Å². The maximum Gasteiger partial charge on any atom is 0.146 e. The van der Waals surface area contributed by atoms with Gasteiger partial charge in [0.05, 0.1) is 29.9 Å². The normalized spacial score (nSPS) is 11.4. The minimum absolute atomic E-state index is 0.298. The van der Waals surface area contributed by atoms with Crippen molar-refractivity contribution in [3.63, 3.8) is 0 Å². The zero-order valence-corrected chi connectivity index (χ0v) is 18.3. The van der Waals surface area contributed by atoms with Crippen LogP contribution in [0.3, 0.4) is 0 Å². The molecule has 0 radical (unpaired) electrons. The third-order valence-corrected chi connectivity index (χ3v) is 5.53. The van der Waals surface area contributed by atoms with E-state index < -0.39 is 0 Å². The SMILES string of the molecule is Cc1cc(CN(C)c2cn(C)cn2)cc(F)c1-c1cc2c(-c3cnn(C)c3)n[nH]c2cn1. The summed E-state index contributed by atoms with van der Waals surface area (Å²) in [6.07, 6.45) is 9.03. The first kappa shape index (κ1) is 19.9. The van der Waals surface area contributed by atoms with E-state index >= 15 is 4.39 Å². The number of nitrogens with zero attached hydrogens (tertiary/aromatic N) is 7. The van der Waals surface area contributed by atoms with E-state index in [1.165, 1.54) is 0 Å². The molecule has 5 aromatic rings. The van der Waals surface area contributed by atoms with Gasteiger partial charge in [0.1, 0.15) is 17.3 Å².